The van der Waals surface area contributed by atoms with Crippen LogP contribution in [0.5, 0.6) is 0 Å². The van der Waals surface area contributed by atoms with Crippen LogP contribution in [0.2, 0.25) is 0 Å². The Morgan fingerprint density at radius 3 is 2.06 bits per heavy atom. The lowest BCUT2D eigenvalue weighted by Crippen LogP contribution is -2.54. The van der Waals surface area contributed by atoms with Crippen LogP contribution in [0.1, 0.15) is 52.4 Å². The third kappa shape index (κ3) is 4.62. The van der Waals surface area contributed by atoms with Crippen LogP contribution in [-0.2, 0) is 9.59 Å². The highest BCUT2D eigenvalue weighted by molar-refractivity contribution is 5.84. The number of hydrogen-bond acceptors (Lipinski definition) is 4. The SMILES string of the molecule is CCCCN(O)[C@@](CCCC)(CC(=O)O)C(=O)O. The fourth-order valence-corrected chi connectivity index (χ4v) is 1.84. The molecule has 0 aliphatic rings. The summed E-state index contributed by atoms with van der Waals surface area (Å²) >= 11 is 0. The van der Waals surface area contributed by atoms with Crippen LogP contribution in [0.15, 0.2) is 0 Å². The summed E-state index contributed by atoms with van der Waals surface area (Å²) in [6.07, 6.45) is 2.26. The lowest BCUT2D eigenvalue weighted by atomic mass is 9.88. The molecule has 3 N–H and O–H groups in total. The summed E-state index contributed by atoms with van der Waals surface area (Å²) in [5.41, 5.74) is -1.71. The third-order valence-corrected chi connectivity index (χ3v) is 3.00. The van der Waals surface area contributed by atoms with Crippen molar-refractivity contribution in [1.29, 1.82) is 0 Å². The van der Waals surface area contributed by atoms with Gasteiger partial charge in [-0.1, -0.05) is 33.1 Å². The van der Waals surface area contributed by atoms with Gasteiger partial charge in [-0.05, 0) is 12.8 Å². The maximum atomic E-state index is 11.4. The second kappa shape index (κ2) is 8.05. The topological polar surface area (TPSA) is 98.1 Å². The van der Waals surface area contributed by atoms with Crippen molar-refractivity contribution in [2.75, 3.05) is 6.54 Å². The van der Waals surface area contributed by atoms with Crippen molar-refractivity contribution in [2.45, 2.75) is 57.9 Å². The molecule has 0 spiro atoms. The van der Waals surface area contributed by atoms with E-state index in [1.54, 1.807) is 0 Å². The minimum Gasteiger partial charge on any atom is -0.481 e. The zero-order valence-corrected chi connectivity index (χ0v) is 11.1. The predicted octanol–water partition coefficient (Wildman–Crippen LogP) is 1.97. The molecule has 18 heavy (non-hydrogen) atoms. The predicted molar refractivity (Wildman–Crippen MR) is 65.5 cm³/mol. The Balaban J connectivity index is 5.03. The van der Waals surface area contributed by atoms with Crippen LogP contribution < -0.4 is 0 Å². The van der Waals surface area contributed by atoms with E-state index in [4.69, 9.17) is 5.11 Å². The van der Waals surface area contributed by atoms with E-state index in [2.05, 4.69) is 0 Å². The average molecular weight is 261 g/mol. The van der Waals surface area contributed by atoms with E-state index >= 15 is 0 Å². The highest BCUT2D eigenvalue weighted by atomic mass is 16.5. The van der Waals surface area contributed by atoms with Gasteiger partial charge in [0.2, 0.25) is 0 Å². The second-order valence-electron chi connectivity index (χ2n) is 4.49. The molecule has 0 aromatic heterocycles. The number of nitrogens with zero attached hydrogens (tertiary/aromatic N) is 1. The van der Waals surface area contributed by atoms with Gasteiger partial charge in [0.05, 0.1) is 6.42 Å². The number of carbonyl (C=O) groups is 2. The van der Waals surface area contributed by atoms with Crippen molar-refractivity contribution in [3.63, 3.8) is 0 Å². The van der Waals surface area contributed by atoms with Crippen LogP contribution in [0.25, 0.3) is 0 Å². The molecule has 0 rings (SSSR count). The van der Waals surface area contributed by atoms with Gasteiger partial charge < -0.3 is 15.4 Å². The molecule has 0 amide bonds. The van der Waals surface area contributed by atoms with Gasteiger partial charge in [0.1, 0.15) is 0 Å². The van der Waals surface area contributed by atoms with Gasteiger partial charge in [0, 0.05) is 6.54 Å². The summed E-state index contributed by atoms with van der Waals surface area (Å²) in [6.45, 7) is 3.97. The summed E-state index contributed by atoms with van der Waals surface area (Å²) in [6, 6.07) is 0. The first-order chi connectivity index (χ1) is 8.40. The highest BCUT2D eigenvalue weighted by Crippen LogP contribution is 2.26. The first-order valence-electron chi connectivity index (χ1n) is 6.32. The van der Waals surface area contributed by atoms with Crippen LogP contribution in [0.4, 0.5) is 0 Å². The molecule has 0 aromatic rings. The van der Waals surface area contributed by atoms with Gasteiger partial charge in [-0.2, -0.15) is 5.06 Å². The van der Waals surface area contributed by atoms with E-state index < -0.39 is 23.9 Å². The number of rotatable bonds is 10. The molecule has 1 atom stereocenters. The van der Waals surface area contributed by atoms with E-state index in [-0.39, 0.29) is 13.0 Å². The lowest BCUT2D eigenvalue weighted by molar-refractivity contribution is -0.205. The van der Waals surface area contributed by atoms with Gasteiger partial charge in [-0.25, -0.2) is 0 Å². The molecular weight excluding hydrogens is 238 g/mol. The van der Waals surface area contributed by atoms with Crippen LogP contribution in [0.3, 0.4) is 0 Å². The maximum Gasteiger partial charge on any atom is 0.327 e. The molecule has 6 heteroatoms. The Morgan fingerprint density at radius 1 is 1.11 bits per heavy atom. The number of hydroxylamine groups is 2. The zero-order valence-electron chi connectivity index (χ0n) is 11.1. The maximum absolute atomic E-state index is 11.4. The van der Waals surface area contributed by atoms with E-state index in [1.807, 2.05) is 13.8 Å². The van der Waals surface area contributed by atoms with E-state index in [1.165, 1.54) is 0 Å². The first-order valence-corrected chi connectivity index (χ1v) is 6.32. The van der Waals surface area contributed by atoms with Crippen LogP contribution in [-0.4, -0.2) is 44.5 Å². The van der Waals surface area contributed by atoms with Crippen molar-refractivity contribution in [1.82, 2.24) is 5.06 Å². The number of carboxylic acids is 2. The van der Waals surface area contributed by atoms with Gasteiger partial charge >= 0.3 is 11.9 Å². The molecule has 0 unspecified atom stereocenters. The van der Waals surface area contributed by atoms with Crippen molar-refractivity contribution in [3.8, 4) is 0 Å². The summed E-state index contributed by atoms with van der Waals surface area (Å²) in [5.74, 6) is -2.50. The first kappa shape index (κ1) is 16.9. The number of carboxylic acid groups (broad SMARTS) is 2. The molecule has 0 aromatic carbocycles. The van der Waals surface area contributed by atoms with Gasteiger partial charge in [-0.15, -0.1) is 0 Å². The van der Waals surface area contributed by atoms with Crippen LogP contribution in [0, 0.1) is 0 Å². The summed E-state index contributed by atoms with van der Waals surface area (Å²) in [4.78, 5) is 22.3. The molecule has 106 valence electrons. The quantitative estimate of drug-likeness (QED) is 0.520. The Hall–Kier alpha value is -1.14. The Labute approximate surface area is 107 Å². The summed E-state index contributed by atoms with van der Waals surface area (Å²) in [5, 5.41) is 28.8. The second-order valence-corrected chi connectivity index (χ2v) is 4.49. The van der Waals surface area contributed by atoms with Crippen molar-refractivity contribution >= 4 is 11.9 Å². The minimum absolute atomic E-state index is 0.130. The molecule has 0 saturated carbocycles. The van der Waals surface area contributed by atoms with Gasteiger partial charge in [0.15, 0.2) is 5.54 Å². The van der Waals surface area contributed by atoms with E-state index in [0.29, 0.717) is 17.9 Å². The van der Waals surface area contributed by atoms with Gasteiger partial charge in [0.25, 0.3) is 0 Å². The fourth-order valence-electron chi connectivity index (χ4n) is 1.84. The molecule has 0 aliphatic heterocycles. The van der Waals surface area contributed by atoms with Crippen molar-refractivity contribution in [2.24, 2.45) is 0 Å². The largest absolute Gasteiger partial charge is 0.481 e. The van der Waals surface area contributed by atoms with Crippen LogP contribution >= 0.6 is 0 Å². The smallest absolute Gasteiger partial charge is 0.327 e. The zero-order chi connectivity index (χ0) is 14.2. The van der Waals surface area contributed by atoms with E-state index in [9.17, 15) is 19.9 Å². The third-order valence-electron chi connectivity index (χ3n) is 3.00. The number of aliphatic carboxylic acids is 2. The number of hydrogen-bond donors (Lipinski definition) is 3. The normalized spacial score (nSPS) is 14.4. The van der Waals surface area contributed by atoms with Crippen molar-refractivity contribution < 1.29 is 25.0 Å². The van der Waals surface area contributed by atoms with Gasteiger partial charge in [-0.3, -0.25) is 9.59 Å². The summed E-state index contributed by atoms with van der Waals surface area (Å²) in [7, 11) is 0. The molecule has 0 heterocycles. The van der Waals surface area contributed by atoms with E-state index in [0.717, 1.165) is 12.8 Å². The molecule has 0 radical (unpaired) electrons. The molecule has 0 fully saturated rings. The standard InChI is InChI=1S/C12H23NO5/c1-3-5-7-12(11(16)17,9-10(14)15)13(18)8-6-4-2/h18H,3-9H2,1-2H3,(H,14,15)(H,16,17)/t12-/m0/s1. The Kier molecular flexibility index (Phi) is 7.54. The average Bonchev–Trinajstić information content (AvgIpc) is 2.30. The minimum atomic E-state index is -1.71. The molecule has 6 nitrogen and oxygen atoms in total. The molecule has 0 bridgehead atoms. The highest BCUT2D eigenvalue weighted by Gasteiger charge is 2.45. The molecular formula is C12H23NO5. The fraction of sp³-hybridized carbons (Fsp3) is 0.833. The molecule has 0 saturated heterocycles. The summed E-state index contributed by atoms with van der Waals surface area (Å²) < 4.78 is 0. The Morgan fingerprint density at radius 2 is 1.67 bits per heavy atom. The molecule has 0 aliphatic carbocycles. The number of unbranched alkanes of at least 4 members (excludes halogenated alkanes) is 2. The Bertz CT molecular complexity index is 282. The monoisotopic (exact) mass is 261 g/mol. The lowest BCUT2D eigenvalue weighted by Gasteiger charge is -2.35. The van der Waals surface area contributed by atoms with Crippen molar-refractivity contribution in [3.05, 3.63) is 0 Å².